The van der Waals surface area contributed by atoms with Crippen LogP contribution in [0.5, 0.6) is 0 Å². The van der Waals surface area contributed by atoms with E-state index in [0.717, 1.165) is 26.1 Å². The molecule has 2 aliphatic heterocycles. The minimum Gasteiger partial charge on any atom is -0.373 e. The van der Waals surface area contributed by atoms with E-state index in [1.165, 1.54) is 12.4 Å². The molecule has 0 spiro atoms. The highest BCUT2D eigenvalue weighted by Crippen LogP contribution is 2.27. The maximum absolute atomic E-state index is 13.0. The SMILES string of the molecule is CC[C@H](C)N1C[C@@H]2OCCN(c3ncc(F)cn3)[C@@H]2C1. The van der Waals surface area contributed by atoms with Crippen molar-refractivity contribution in [2.45, 2.75) is 38.5 Å². The van der Waals surface area contributed by atoms with Crippen molar-refractivity contribution >= 4 is 5.95 Å². The molecule has 3 atom stereocenters. The highest BCUT2D eigenvalue weighted by molar-refractivity contribution is 5.33. The molecule has 0 unspecified atom stereocenters. The van der Waals surface area contributed by atoms with Gasteiger partial charge in [0.05, 0.1) is 31.1 Å². The Labute approximate surface area is 118 Å². The Morgan fingerprint density at radius 3 is 2.85 bits per heavy atom. The van der Waals surface area contributed by atoms with Crippen LogP contribution < -0.4 is 4.90 Å². The quantitative estimate of drug-likeness (QED) is 0.835. The second kappa shape index (κ2) is 5.61. The lowest BCUT2D eigenvalue weighted by atomic mass is 10.1. The largest absolute Gasteiger partial charge is 0.373 e. The molecule has 0 aromatic carbocycles. The fraction of sp³-hybridized carbons (Fsp3) is 0.714. The van der Waals surface area contributed by atoms with Gasteiger partial charge in [0.1, 0.15) is 0 Å². The van der Waals surface area contributed by atoms with E-state index in [4.69, 9.17) is 4.74 Å². The van der Waals surface area contributed by atoms with Gasteiger partial charge in [-0.2, -0.15) is 0 Å². The highest BCUT2D eigenvalue weighted by atomic mass is 19.1. The second-order valence-electron chi connectivity index (χ2n) is 5.58. The zero-order chi connectivity index (χ0) is 14.1. The minimum absolute atomic E-state index is 0.200. The third kappa shape index (κ3) is 2.50. The molecule has 0 bridgehead atoms. The van der Waals surface area contributed by atoms with Crippen molar-refractivity contribution in [1.82, 2.24) is 14.9 Å². The van der Waals surface area contributed by atoms with Crippen LogP contribution in [0.25, 0.3) is 0 Å². The number of fused-ring (bicyclic) bond motifs is 1. The summed E-state index contributed by atoms with van der Waals surface area (Å²) >= 11 is 0. The molecule has 0 saturated carbocycles. The molecular formula is C14H21FN4O. The number of ether oxygens (including phenoxy) is 1. The van der Waals surface area contributed by atoms with Gasteiger partial charge in [-0.25, -0.2) is 14.4 Å². The maximum atomic E-state index is 13.0. The molecular weight excluding hydrogens is 259 g/mol. The van der Waals surface area contributed by atoms with Gasteiger partial charge in [0.15, 0.2) is 5.82 Å². The van der Waals surface area contributed by atoms with E-state index < -0.39 is 5.82 Å². The van der Waals surface area contributed by atoms with Crippen LogP contribution in [-0.2, 0) is 4.74 Å². The molecule has 2 saturated heterocycles. The Morgan fingerprint density at radius 1 is 1.40 bits per heavy atom. The summed E-state index contributed by atoms with van der Waals surface area (Å²) in [6, 6.07) is 0.823. The Morgan fingerprint density at radius 2 is 2.15 bits per heavy atom. The number of anilines is 1. The fourth-order valence-electron chi connectivity index (χ4n) is 3.04. The summed E-state index contributed by atoms with van der Waals surface area (Å²) < 4.78 is 18.8. The predicted molar refractivity (Wildman–Crippen MR) is 74.2 cm³/mol. The summed E-state index contributed by atoms with van der Waals surface area (Å²) in [6.07, 6.45) is 3.79. The van der Waals surface area contributed by atoms with Crippen LogP contribution in [0.15, 0.2) is 12.4 Å². The van der Waals surface area contributed by atoms with Crippen LogP contribution in [0.3, 0.4) is 0 Å². The lowest BCUT2D eigenvalue weighted by Crippen LogP contribution is -2.51. The Bertz CT molecular complexity index is 455. The monoisotopic (exact) mass is 280 g/mol. The van der Waals surface area contributed by atoms with Gasteiger partial charge in [0, 0.05) is 25.7 Å². The normalized spacial score (nSPS) is 28.4. The number of hydrogen-bond acceptors (Lipinski definition) is 5. The first-order valence-electron chi connectivity index (χ1n) is 7.29. The van der Waals surface area contributed by atoms with Crippen LogP contribution in [0, 0.1) is 5.82 Å². The van der Waals surface area contributed by atoms with Crippen LogP contribution in [-0.4, -0.2) is 59.3 Å². The lowest BCUT2D eigenvalue weighted by Gasteiger charge is -2.36. The third-order valence-corrected chi connectivity index (χ3v) is 4.41. The third-order valence-electron chi connectivity index (χ3n) is 4.41. The van der Waals surface area contributed by atoms with Gasteiger partial charge in [-0.05, 0) is 13.3 Å². The molecule has 3 heterocycles. The summed E-state index contributed by atoms with van der Waals surface area (Å²) in [5.74, 6) is 0.210. The van der Waals surface area contributed by atoms with E-state index >= 15 is 0 Å². The summed E-state index contributed by atoms with van der Waals surface area (Å²) in [7, 11) is 0. The molecule has 5 nitrogen and oxygen atoms in total. The Balaban J connectivity index is 1.77. The molecule has 1 aromatic heterocycles. The van der Waals surface area contributed by atoms with Crippen molar-refractivity contribution in [3.8, 4) is 0 Å². The van der Waals surface area contributed by atoms with Crippen LogP contribution in [0.4, 0.5) is 10.3 Å². The summed E-state index contributed by atoms with van der Waals surface area (Å²) in [4.78, 5) is 12.9. The second-order valence-corrected chi connectivity index (χ2v) is 5.58. The van der Waals surface area contributed by atoms with E-state index in [1.54, 1.807) is 0 Å². The van der Waals surface area contributed by atoms with Gasteiger partial charge < -0.3 is 9.64 Å². The first-order valence-corrected chi connectivity index (χ1v) is 7.29. The molecule has 2 aliphatic rings. The average Bonchev–Trinajstić information content (AvgIpc) is 2.91. The van der Waals surface area contributed by atoms with Crippen LogP contribution >= 0.6 is 0 Å². The smallest absolute Gasteiger partial charge is 0.225 e. The fourth-order valence-corrected chi connectivity index (χ4v) is 3.04. The molecule has 20 heavy (non-hydrogen) atoms. The Kier molecular flexibility index (Phi) is 3.85. The van der Waals surface area contributed by atoms with Gasteiger partial charge in [0.25, 0.3) is 0 Å². The molecule has 2 fully saturated rings. The number of aromatic nitrogens is 2. The molecule has 6 heteroatoms. The Hall–Kier alpha value is -1.27. The standard InChI is InChI=1S/C14H21FN4O/c1-3-10(2)18-8-12-13(9-18)20-5-4-19(12)14-16-6-11(15)7-17-14/h6-7,10,12-13H,3-5,8-9H2,1-2H3/t10-,12+,13-/m0/s1. The maximum Gasteiger partial charge on any atom is 0.225 e. The summed E-state index contributed by atoms with van der Waals surface area (Å²) in [6.45, 7) is 7.81. The predicted octanol–water partition coefficient (Wildman–Crippen LogP) is 1.30. The van der Waals surface area contributed by atoms with Gasteiger partial charge in [-0.15, -0.1) is 0 Å². The molecule has 3 rings (SSSR count). The zero-order valence-corrected chi connectivity index (χ0v) is 12.0. The number of likely N-dealkylation sites (tertiary alicyclic amines) is 1. The number of halogens is 1. The summed E-state index contributed by atoms with van der Waals surface area (Å²) in [5, 5.41) is 0. The van der Waals surface area contributed by atoms with Gasteiger partial charge in [-0.3, -0.25) is 4.90 Å². The summed E-state index contributed by atoms with van der Waals surface area (Å²) in [5.41, 5.74) is 0. The topological polar surface area (TPSA) is 41.5 Å². The van der Waals surface area contributed by atoms with Crippen molar-refractivity contribution in [3.05, 3.63) is 18.2 Å². The van der Waals surface area contributed by atoms with E-state index in [-0.39, 0.29) is 12.1 Å². The van der Waals surface area contributed by atoms with Gasteiger partial charge in [-0.1, -0.05) is 6.92 Å². The molecule has 110 valence electrons. The van der Waals surface area contributed by atoms with E-state index in [9.17, 15) is 4.39 Å². The van der Waals surface area contributed by atoms with E-state index in [1.807, 2.05) is 0 Å². The number of morpholine rings is 1. The zero-order valence-electron chi connectivity index (χ0n) is 12.0. The van der Waals surface area contributed by atoms with Crippen molar-refractivity contribution in [1.29, 1.82) is 0 Å². The highest BCUT2D eigenvalue weighted by Gasteiger charge is 2.42. The van der Waals surface area contributed by atoms with E-state index in [0.29, 0.717) is 18.6 Å². The molecule has 0 radical (unpaired) electrons. The average molecular weight is 280 g/mol. The number of rotatable bonds is 3. The number of hydrogen-bond donors (Lipinski definition) is 0. The van der Waals surface area contributed by atoms with Crippen LogP contribution in [0.1, 0.15) is 20.3 Å². The minimum atomic E-state index is -0.397. The first-order chi connectivity index (χ1) is 9.69. The lowest BCUT2D eigenvalue weighted by molar-refractivity contribution is 0.0287. The molecule has 1 aromatic rings. The first kappa shape index (κ1) is 13.7. The van der Waals surface area contributed by atoms with Crippen molar-refractivity contribution in [3.63, 3.8) is 0 Å². The van der Waals surface area contributed by atoms with Crippen molar-refractivity contribution in [2.75, 3.05) is 31.1 Å². The van der Waals surface area contributed by atoms with E-state index in [2.05, 4.69) is 33.6 Å². The molecule has 0 amide bonds. The van der Waals surface area contributed by atoms with Crippen LogP contribution in [0.2, 0.25) is 0 Å². The van der Waals surface area contributed by atoms with Crippen molar-refractivity contribution in [2.24, 2.45) is 0 Å². The molecule has 0 N–H and O–H groups in total. The number of nitrogens with zero attached hydrogens (tertiary/aromatic N) is 4. The van der Waals surface area contributed by atoms with Gasteiger partial charge in [0.2, 0.25) is 5.95 Å². The van der Waals surface area contributed by atoms with Gasteiger partial charge >= 0.3 is 0 Å². The van der Waals surface area contributed by atoms with Crippen molar-refractivity contribution < 1.29 is 9.13 Å². The molecule has 0 aliphatic carbocycles.